The van der Waals surface area contributed by atoms with E-state index in [0.717, 1.165) is 41.2 Å². The summed E-state index contributed by atoms with van der Waals surface area (Å²) in [5, 5.41) is 5.99. The number of benzene rings is 2. The van der Waals surface area contributed by atoms with Crippen molar-refractivity contribution in [2.24, 2.45) is 0 Å². The van der Waals surface area contributed by atoms with Crippen LogP contribution >= 0.6 is 0 Å². The molecule has 1 aliphatic rings. The van der Waals surface area contributed by atoms with Crippen molar-refractivity contribution >= 4 is 17.6 Å². The maximum atomic E-state index is 13.1. The van der Waals surface area contributed by atoms with E-state index >= 15 is 0 Å². The Labute approximate surface area is 206 Å². The first-order valence-electron chi connectivity index (χ1n) is 12.0. The number of likely N-dealkylation sites (tertiary alicyclic amines) is 1. The van der Waals surface area contributed by atoms with Gasteiger partial charge in [0.25, 0.3) is 5.91 Å². The molecule has 0 saturated carbocycles. The molecule has 7 heteroatoms. The summed E-state index contributed by atoms with van der Waals surface area (Å²) in [5.41, 5.74) is 4.16. The number of urea groups is 1. The molecule has 3 amide bonds. The molecule has 7 nitrogen and oxygen atoms in total. The van der Waals surface area contributed by atoms with Crippen molar-refractivity contribution in [1.29, 1.82) is 0 Å². The fourth-order valence-electron chi connectivity index (χ4n) is 4.48. The van der Waals surface area contributed by atoms with Crippen LogP contribution in [0.25, 0.3) is 0 Å². The molecule has 182 valence electrons. The number of hydrogen-bond donors (Lipinski definition) is 2. The van der Waals surface area contributed by atoms with Crippen molar-refractivity contribution in [3.05, 3.63) is 89.2 Å². The Bertz CT molecular complexity index is 1160. The largest absolute Gasteiger partial charge is 0.496 e. The molecule has 0 atom stereocenters. The van der Waals surface area contributed by atoms with Gasteiger partial charge in [0, 0.05) is 36.9 Å². The second-order valence-electron chi connectivity index (χ2n) is 8.76. The van der Waals surface area contributed by atoms with Crippen molar-refractivity contribution in [3.63, 3.8) is 0 Å². The van der Waals surface area contributed by atoms with E-state index in [0.29, 0.717) is 31.6 Å². The zero-order valence-electron chi connectivity index (χ0n) is 20.3. The minimum absolute atomic E-state index is 0.0961. The van der Waals surface area contributed by atoms with E-state index < -0.39 is 0 Å². The van der Waals surface area contributed by atoms with Crippen molar-refractivity contribution in [3.8, 4) is 5.75 Å². The number of nitrogens with zero attached hydrogens (tertiary/aromatic N) is 2. The Balaban J connectivity index is 1.37. The molecule has 2 heterocycles. The normalized spacial score (nSPS) is 13.8. The fourth-order valence-corrected chi connectivity index (χ4v) is 4.48. The van der Waals surface area contributed by atoms with Crippen molar-refractivity contribution in [1.82, 2.24) is 15.2 Å². The number of aromatic nitrogens is 1. The van der Waals surface area contributed by atoms with Gasteiger partial charge in [-0.2, -0.15) is 0 Å². The predicted octanol–water partition coefficient (Wildman–Crippen LogP) is 4.78. The fraction of sp³-hybridized carbons (Fsp3) is 0.321. The first kappa shape index (κ1) is 24.3. The van der Waals surface area contributed by atoms with Crippen LogP contribution in [0.15, 0.2) is 66.7 Å². The number of amides is 3. The standard InChI is InChI=1S/C28H32N4O3/c1-20-12-13-24(27(33)29-17-14-21-8-6-7-11-25(21)35-2)26(30-20)22-15-18-32(19-16-22)28(34)31-23-9-4-3-5-10-23/h3-13,22H,14-19H2,1-2H3,(H,29,33)(H,31,34). The van der Waals surface area contributed by atoms with Crippen LogP contribution in [0.4, 0.5) is 10.5 Å². The molecule has 0 bridgehead atoms. The van der Waals surface area contributed by atoms with Gasteiger partial charge < -0.3 is 20.3 Å². The van der Waals surface area contributed by atoms with Crippen LogP contribution in [-0.4, -0.2) is 48.6 Å². The van der Waals surface area contributed by atoms with Gasteiger partial charge in [0.2, 0.25) is 0 Å². The highest BCUT2D eigenvalue weighted by atomic mass is 16.5. The van der Waals surface area contributed by atoms with E-state index in [4.69, 9.17) is 9.72 Å². The number of aryl methyl sites for hydroxylation is 1. The van der Waals surface area contributed by atoms with Gasteiger partial charge in [0.05, 0.1) is 18.4 Å². The average Bonchev–Trinajstić information content (AvgIpc) is 2.89. The second kappa shape index (κ2) is 11.5. The Kier molecular flexibility index (Phi) is 7.98. The summed E-state index contributed by atoms with van der Waals surface area (Å²) < 4.78 is 5.40. The second-order valence-corrected chi connectivity index (χ2v) is 8.76. The lowest BCUT2D eigenvalue weighted by Gasteiger charge is -2.32. The Hall–Kier alpha value is -3.87. The first-order valence-corrected chi connectivity index (χ1v) is 12.0. The average molecular weight is 473 g/mol. The summed E-state index contributed by atoms with van der Waals surface area (Å²) in [4.78, 5) is 32.3. The zero-order chi connectivity index (χ0) is 24.6. The van der Waals surface area contributed by atoms with Crippen LogP contribution in [0.1, 0.15) is 46.1 Å². The predicted molar refractivity (Wildman–Crippen MR) is 137 cm³/mol. The van der Waals surface area contributed by atoms with E-state index in [2.05, 4.69) is 10.6 Å². The van der Waals surface area contributed by atoms with E-state index in [1.165, 1.54) is 0 Å². The van der Waals surface area contributed by atoms with Crippen LogP contribution in [0.3, 0.4) is 0 Å². The highest BCUT2D eigenvalue weighted by Crippen LogP contribution is 2.30. The van der Waals surface area contributed by atoms with Crippen LogP contribution in [0.2, 0.25) is 0 Å². The first-order chi connectivity index (χ1) is 17.0. The van der Waals surface area contributed by atoms with Crippen LogP contribution < -0.4 is 15.4 Å². The number of methoxy groups -OCH3 is 1. The number of carbonyl (C=O) groups excluding carboxylic acids is 2. The number of para-hydroxylation sites is 2. The molecule has 2 aromatic carbocycles. The van der Waals surface area contributed by atoms with Gasteiger partial charge >= 0.3 is 6.03 Å². The smallest absolute Gasteiger partial charge is 0.321 e. The lowest BCUT2D eigenvalue weighted by Crippen LogP contribution is -2.41. The number of ether oxygens (including phenoxy) is 1. The third-order valence-electron chi connectivity index (χ3n) is 6.37. The molecule has 1 fully saturated rings. The molecule has 2 N–H and O–H groups in total. The van der Waals surface area contributed by atoms with Crippen LogP contribution in [0, 0.1) is 6.92 Å². The number of piperidine rings is 1. The Morgan fingerprint density at radius 2 is 1.71 bits per heavy atom. The topological polar surface area (TPSA) is 83.6 Å². The number of nitrogens with one attached hydrogen (secondary N) is 2. The maximum absolute atomic E-state index is 13.1. The van der Waals surface area contributed by atoms with Gasteiger partial charge in [-0.3, -0.25) is 9.78 Å². The maximum Gasteiger partial charge on any atom is 0.321 e. The highest BCUT2D eigenvalue weighted by Gasteiger charge is 2.28. The summed E-state index contributed by atoms with van der Waals surface area (Å²) in [5.74, 6) is 0.833. The lowest BCUT2D eigenvalue weighted by atomic mass is 9.90. The molecule has 1 aromatic heterocycles. The minimum Gasteiger partial charge on any atom is -0.496 e. The molecule has 0 aliphatic carbocycles. The molecule has 0 radical (unpaired) electrons. The van der Waals surface area contributed by atoms with Gasteiger partial charge in [-0.25, -0.2) is 4.79 Å². The van der Waals surface area contributed by atoms with E-state index in [-0.39, 0.29) is 17.9 Å². The molecule has 0 unspecified atom stereocenters. The van der Waals surface area contributed by atoms with Gasteiger partial charge in [0.15, 0.2) is 0 Å². The SMILES string of the molecule is COc1ccccc1CCNC(=O)c1ccc(C)nc1C1CCN(C(=O)Nc2ccccc2)CC1. The summed E-state index contributed by atoms with van der Waals surface area (Å²) in [7, 11) is 1.65. The summed E-state index contributed by atoms with van der Waals surface area (Å²) in [6, 6.07) is 20.9. The Morgan fingerprint density at radius 1 is 1.00 bits per heavy atom. The molecule has 1 saturated heterocycles. The van der Waals surface area contributed by atoms with E-state index in [1.54, 1.807) is 7.11 Å². The van der Waals surface area contributed by atoms with Gasteiger partial charge in [-0.1, -0.05) is 36.4 Å². The molecular formula is C28H32N4O3. The van der Waals surface area contributed by atoms with Crippen LogP contribution in [0.5, 0.6) is 5.75 Å². The monoisotopic (exact) mass is 472 g/mol. The number of carbonyl (C=O) groups is 2. The van der Waals surface area contributed by atoms with E-state index in [9.17, 15) is 9.59 Å². The van der Waals surface area contributed by atoms with Crippen molar-refractivity contribution in [2.45, 2.75) is 32.1 Å². The van der Waals surface area contributed by atoms with Crippen molar-refractivity contribution in [2.75, 3.05) is 32.1 Å². The summed E-state index contributed by atoms with van der Waals surface area (Å²) in [6.45, 7) is 3.68. The number of anilines is 1. The Morgan fingerprint density at radius 3 is 2.46 bits per heavy atom. The number of rotatable bonds is 7. The number of pyridine rings is 1. The lowest BCUT2D eigenvalue weighted by molar-refractivity contribution is 0.0951. The molecule has 35 heavy (non-hydrogen) atoms. The molecule has 3 aromatic rings. The number of hydrogen-bond acceptors (Lipinski definition) is 4. The third kappa shape index (κ3) is 6.18. The summed E-state index contributed by atoms with van der Waals surface area (Å²) in [6.07, 6.45) is 2.21. The van der Waals surface area contributed by atoms with Gasteiger partial charge in [0.1, 0.15) is 5.75 Å². The van der Waals surface area contributed by atoms with Crippen LogP contribution in [-0.2, 0) is 6.42 Å². The molecular weight excluding hydrogens is 440 g/mol. The zero-order valence-corrected chi connectivity index (χ0v) is 20.3. The third-order valence-corrected chi connectivity index (χ3v) is 6.37. The minimum atomic E-state index is -0.119. The van der Waals surface area contributed by atoms with Crippen molar-refractivity contribution < 1.29 is 14.3 Å². The molecule has 4 rings (SSSR count). The highest BCUT2D eigenvalue weighted by molar-refractivity contribution is 5.95. The summed E-state index contributed by atoms with van der Waals surface area (Å²) >= 11 is 0. The van der Waals surface area contributed by atoms with Gasteiger partial charge in [-0.15, -0.1) is 0 Å². The molecule has 1 aliphatic heterocycles. The quantitative estimate of drug-likeness (QED) is 0.518. The van der Waals surface area contributed by atoms with E-state index in [1.807, 2.05) is 78.6 Å². The van der Waals surface area contributed by atoms with Gasteiger partial charge in [-0.05, 0) is 62.1 Å². The molecule has 0 spiro atoms.